The first-order valence-electron chi connectivity index (χ1n) is 11.5. The largest absolute Gasteiger partial charge is 0.485 e. The summed E-state index contributed by atoms with van der Waals surface area (Å²) in [4.78, 5) is 29.3. The van der Waals surface area contributed by atoms with E-state index in [2.05, 4.69) is 15.2 Å². The van der Waals surface area contributed by atoms with Crippen molar-refractivity contribution >= 4 is 33.3 Å². The van der Waals surface area contributed by atoms with Crippen LogP contribution in [0, 0.1) is 19.8 Å². The van der Waals surface area contributed by atoms with Crippen LogP contribution in [0.15, 0.2) is 22.7 Å². The molecule has 36 heavy (non-hydrogen) atoms. The number of carbonyl (C=O) groups excluding carboxylic acids is 2. The van der Waals surface area contributed by atoms with Crippen LogP contribution in [0.5, 0.6) is 5.75 Å². The Hall–Kier alpha value is -3.32. The van der Waals surface area contributed by atoms with Crippen LogP contribution in [0.2, 0.25) is 0 Å². The van der Waals surface area contributed by atoms with Gasteiger partial charge in [0.05, 0.1) is 36.7 Å². The maximum absolute atomic E-state index is 13.4. The van der Waals surface area contributed by atoms with Crippen molar-refractivity contribution < 1.29 is 32.4 Å². The number of likely N-dealkylation sites (N-methyl/N-ethyl adjacent to an activating group) is 1. The van der Waals surface area contributed by atoms with E-state index in [1.54, 1.807) is 40.0 Å². The maximum Gasteiger partial charge on any atom is 0.321 e. The average Bonchev–Trinajstić information content (AvgIpc) is 3.12. The molecule has 3 N–H and O–H groups in total. The highest BCUT2D eigenvalue weighted by Gasteiger charge is 2.35. The number of nitrogens with zero attached hydrogens (tertiary/aromatic N) is 3. The van der Waals surface area contributed by atoms with Gasteiger partial charge in [0.25, 0.3) is 5.91 Å². The number of nitrogens with one attached hydrogen (secondary N) is 2. The Morgan fingerprint density at radius 1 is 1.36 bits per heavy atom. The zero-order valence-corrected chi connectivity index (χ0v) is 22.0. The van der Waals surface area contributed by atoms with Gasteiger partial charge >= 0.3 is 6.03 Å². The Labute approximate surface area is 210 Å². The number of aliphatic hydroxyl groups is 1. The summed E-state index contributed by atoms with van der Waals surface area (Å²) < 4.78 is 37.8. The Morgan fingerprint density at radius 2 is 2.06 bits per heavy atom. The molecule has 0 radical (unpaired) electrons. The predicted molar refractivity (Wildman–Crippen MR) is 134 cm³/mol. The van der Waals surface area contributed by atoms with E-state index in [0.717, 1.165) is 6.26 Å². The molecule has 3 rings (SSSR count). The number of para-hydroxylation sites is 1. The molecule has 2 aromatic rings. The number of aryl methyl sites for hydroxylation is 2. The van der Waals surface area contributed by atoms with E-state index >= 15 is 0 Å². The first-order chi connectivity index (χ1) is 16.8. The summed E-state index contributed by atoms with van der Waals surface area (Å²) in [5, 5.41) is 16.4. The third-order valence-corrected chi connectivity index (χ3v) is 6.64. The van der Waals surface area contributed by atoms with Gasteiger partial charge in [-0.15, -0.1) is 0 Å². The normalized spacial score (nSPS) is 19.0. The number of hydrogen-bond acceptors (Lipinski definition) is 8. The zero-order chi connectivity index (χ0) is 26.8. The number of benzene rings is 1. The van der Waals surface area contributed by atoms with E-state index in [-0.39, 0.29) is 42.6 Å². The SMILES string of the molecule is Cc1noc(C)c1NC(=O)N(C)C[C@@H]1Oc2c(NS(C)(=O)=O)cccc2C(=O)N([C@H](C)CO)C[C@@H]1C. The molecular formula is C23H33N5O7S. The van der Waals surface area contributed by atoms with Gasteiger partial charge in [0.15, 0.2) is 11.5 Å². The Bertz CT molecular complexity index is 1210. The minimum Gasteiger partial charge on any atom is -0.485 e. The van der Waals surface area contributed by atoms with E-state index in [0.29, 0.717) is 17.1 Å². The van der Waals surface area contributed by atoms with Crippen molar-refractivity contribution in [1.29, 1.82) is 0 Å². The molecule has 0 unspecified atom stereocenters. The van der Waals surface area contributed by atoms with Crippen molar-refractivity contribution in [3.8, 4) is 5.75 Å². The zero-order valence-electron chi connectivity index (χ0n) is 21.2. The summed E-state index contributed by atoms with van der Waals surface area (Å²) in [6.45, 7) is 7.13. The number of aromatic nitrogens is 1. The summed E-state index contributed by atoms with van der Waals surface area (Å²) in [6, 6.07) is 3.70. The highest BCUT2D eigenvalue weighted by atomic mass is 32.2. The topological polar surface area (TPSA) is 154 Å². The lowest BCUT2D eigenvalue weighted by molar-refractivity contribution is 0.0373. The van der Waals surface area contributed by atoms with E-state index in [1.807, 2.05) is 6.92 Å². The standard InChI is InChI=1S/C23H33N5O7S/c1-13-10-28(14(2)12-29)22(30)17-8-7-9-18(26-36(6,32)33)21(17)34-19(13)11-27(5)23(31)24-20-15(3)25-35-16(20)4/h7-9,13-14,19,26,29H,10-12H2,1-6H3,(H,24,31)/t13-,14+,19-/m0/s1. The van der Waals surface area contributed by atoms with Crippen LogP contribution in [0.3, 0.4) is 0 Å². The number of fused-ring (bicyclic) bond motifs is 1. The Kier molecular flexibility index (Phi) is 8.14. The van der Waals surface area contributed by atoms with Crippen molar-refractivity contribution in [2.45, 2.75) is 39.8 Å². The third kappa shape index (κ3) is 6.08. The second-order valence-electron chi connectivity index (χ2n) is 9.19. The lowest BCUT2D eigenvalue weighted by atomic mass is 9.99. The summed E-state index contributed by atoms with van der Waals surface area (Å²) in [5.74, 6) is -0.128. The number of rotatable bonds is 7. The fourth-order valence-electron chi connectivity index (χ4n) is 3.96. The molecule has 3 amide bonds. The van der Waals surface area contributed by atoms with E-state index in [4.69, 9.17) is 9.26 Å². The number of amides is 3. The first-order valence-corrected chi connectivity index (χ1v) is 13.4. The number of carbonyl (C=O) groups is 2. The first kappa shape index (κ1) is 27.3. The molecule has 13 heteroatoms. The Morgan fingerprint density at radius 3 is 2.64 bits per heavy atom. The molecule has 0 fully saturated rings. The summed E-state index contributed by atoms with van der Waals surface area (Å²) in [5.41, 5.74) is 1.30. The molecule has 2 heterocycles. The molecule has 0 saturated carbocycles. The highest BCUT2D eigenvalue weighted by Crippen LogP contribution is 2.35. The monoisotopic (exact) mass is 523 g/mol. The average molecular weight is 524 g/mol. The number of ether oxygens (including phenoxy) is 1. The van der Waals surface area contributed by atoms with Gasteiger partial charge in [-0.05, 0) is 32.9 Å². The number of sulfonamides is 1. The fraction of sp³-hybridized carbons (Fsp3) is 0.522. The molecule has 1 aliphatic heterocycles. The summed E-state index contributed by atoms with van der Waals surface area (Å²) >= 11 is 0. The van der Waals surface area contributed by atoms with Crippen LogP contribution < -0.4 is 14.8 Å². The quantitative estimate of drug-likeness (QED) is 0.498. The third-order valence-electron chi connectivity index (χ3n) is 6.05. The van der Waals surface area contributed by atoms with Crippen molar-refractivity contribution in [2.24, 2.45) is 5.92 Å². The van der Waals surface area contributed by atoms with Gasteiger partial charge in [-0.2, -0.15) is 0 Å². The minimum absolute atomic E-state index is 0.0687. The molecule has 1 aromatic carbocycles. The molecule has 0 saturated heterocycles. The van der Waals surface area contributed by atoms with Gasteiger partial charge in [0.1, 0.15) is 17.5 Å². The fourth-order valence-corrected chi connectivity index (χ4v) is 4.52. The second kappa shape index (κ2) is 10.7. The molecular weight excluding hydrogens is 490 g/mol. The van der Waals surface area contributed by atoms with Gasteiger partial charge in [-0.1, -0.05) is 18.1 Å². The van der Waals surface area contributed by atoms with E-state index in [1.165, 1.54) is 15.9 Å². The van der Waals surface area contributed by atoms with E-state index < -0.39 is 34.1 Å². The molecule has 12 nitrogen and oxygen atoms in total. The molecule has 0 bridgehead atoms. The molecule has 198 valence electrons. The van der Waals surface area contributed by atoms with Crippen LogP contribution >= 0.6 is 0 Å². The molecule has 0 aliphatic carbocycles. The van der Waals surface area contributed by atoms with Gasteiger partial charge in [-0.25, -0.2) is 13.2 Å². The minimum atomic E-state index is -3.67. The molecule has 0 spiro atoms. The van der Waals surface area contributed by atoms with Gasteiger partial charge < -0.3 is 29.5 Å². The summed E-state index contributed by atoms with van der Waals surface area (Å²) in [7, 11) is -2.07. The predicted octanol–water partition coefficient (Wildman–Crippen LogP) is 2.05. The smallest absolute Gasteiger partial charge is 0.321 e. The number of anilines is 2. The van der Waals surface area contributed by atoms with Crippen LogP contribution in [0.25, 0.3) is 0 Å². The van der Waals surface area contributed by atoms with Crippen LogP contribution in [-0.2, 0) is 10.0 Å². The van der Waals surface area contributed by atoms with Crippen LogP contribution in [-0.4, -0.2) is 85.6 Å². The molecule has 1 aromatic heterocycles. The van der Waals surface area contributed by atoms with E-state index in [9.17, 15) is 23.1 Å². The lowest BCUT2D eigenvalue weighted by Gasteiger charge is -2.38. The summed E-state index contributed by atoms with van der Waals surface area (Å²) in [6.07, 6.45) is 0.387. The van der Waals surface area contributed by atoms with Gasteiger partial charge in [-0.3, -0.25) is 9.52 Å². The number of urea groups is 1. The lowest BCUT2D eigenvalue weighted by Crippen LogP contribution is -2.50. The van der Waals surface area contributed by atoms with Crippen molar-refractivity contribution in [2.75, 3.05) is 43.0 Å². The second-order valence-corrected chi connectivity index (χ2v) is 10.9. The molecule has 3 atom stereocenters. The van der Waals surface area contributed by atoms with Crippen LogP contribution in [0.4, 0.5) is 16.2 Å². The Balaban J connectivity index is 1.96. The van der Waals surface area contributed by atoms with Crippen molar-refractivity contribution in [3.05, 3.63) is 35.2 Å². The maximum atomic E-state index is 13.4. The van der Waals surface area contributed by atoms with Gasteiger partial charge in [0.2, 0.25) is 10.0 Å². The van der Waals surface area contributed by atoms with Crippen molar-refractivity contribution in [3.63, 3.8) is 0 Å². The number of aliphatic hydroxyl groups excluding tert-OH is 1. The van der Waals surface area contributed by atoms with Crippen molar-refractivity contribution in [1.82, 2.24) is 15.0 Å². The number of hydrogen-bond donors (Lipinski definition) is 3. The molecule has 1 aliphatic rings. The van der Waals surface area contributed by atoms with Crippen LogP contribution in [0.1, 0.15) is 35.7 Å². The van der Waals surface area contributed by atoms with Gasteiger partial charge in [0, 0.05) is 19.5 Å². The highest BCUT2D eigenvalue weighted by molar-refractivity contribution is 7.92.